The Bertz CT molecular complexity index is 155. The van der Waals surface area contributed by atoms with Crippen molar-refractivity contribution in [1.82, 2.24) is 10.2 Å². The van der Waals surface area contributed by atoms with Gasteiger partial charge < -0.3 is 4.90 Å². The summed E-state index contributed by atoms with van der Waals surface area (Å²) in [5, 5.41) is 3.21. The Morgan fingerprint density at radius 3 is 3.30 bits per heavy atom. The number of fused-ring (bicyclic) bond motifs is 1. The van der Waals surface area contributed by atoms with Gasteiger partial charge in [-0.15, -0.1) is 0 Å². The zero-order valence-electron chi connectivity index (χ0n) is 5.96. The monoisotopic (exact) mass is 139 g/mol. The van der Waals surface area contributed by atoms with Crippen molar-refractivity contribution in [3.8, 4) is 0 Å². The first kappa shape index (κ1) is 6.19. The van der Waals surface area contributed by atoms with Crippen molar-refractivity contribution < 1.29 is 0 Å². The van der Waals surface area contributed by atoms with Crippen LogP contribution in [0.1, 0.15) is 12.8 Å². The summed E-state index contributed by atoms with van der Waals surface area (Å²) in [6, 6.07) is 0.677. The summed E-state index contributed by atoms with van der Waals surface area (Å²) in [5.41, 5.74) is 5.78. The van der Waals surface area contributed by atoms with Gasteiger partial charge in [0, 0.05) is 12.6 Å². The first-order valence-corrected chi connectivity index (χ1v) is 3.81. The summed E-state index contributed by atoms with van der Waals surface area (Å²) in [6.45, 7) is 1.06. The predicted molar refractivity (Wildman–Crippen MR) is 40.0 cm³/mol. The maximum absolute atomic E-state index is 5.78. The molecular formula is C7H13N3. The fourth-order valence-electron chi connectivity index (χ4n) is 1.67. The smallest absolute Gasteiger partial charge is 0.132 e. The van der Waals surface area contributed by atoms with E-state index in [-0.39, 0.29) is 6.29 Å². The third-order valence-corrected chi connectivity index (χ3v) is 2.26. The van der Waals surface area contributed by atoms with Crippen LogP contribution in [0.25, 0.3) is 0 Å². The van der Waals surface area contributed by atoms with Gasteiger partial charge in [0.15, 0.2) is 0 Å². The van der Waals surface area contributed by atoms with Crippen molar-refractivity contribution in [2.45, 2.75) is 25.2 Å². The van der Waals surface area contributed by atoms with Crippen molar-refractivity contribution >= 4 is 0 Å². The second-order valence-electron chi connectivity index (χ2n) is 2.91. The molecule has 2 heterocycles. The summed E-state index contributed by atoms with van der Waals surface area (Å²) in [4.78, 5) is 2.20. The molecule has 56 valence electrons. The number of rotatable bonds is 0. The Hall–Kier alpha value is -0.540. The van der Waals surface area contributed by atoms with Crippen LogP contribution in [0, 0.1) is 0 Å². The van der Waals surface area contributed by atoms with Gasteiger partial charge in [0.25, 0.3) is 0 Å². The highest BCUT2D eigenvalue weighted by Crippen LogP contribution is 2.20. The molecule has 3 nitrogen and oxygen atoms in total. The molecule has 2 aliphatic rings. The van der Waals surface area contributed by atoms with Crippen molar-refractivity contribution in [2.75, 3.05) is 6.54 Å². The molecule has 0 amide bonds. The van der Waals surface area contributed by atoms with Gasteiger partial charge in [0.05, 0.1) is 0 Å². The van der Waals surface area contributed by atoms with Gasteiger partial charge in [-0.25, -0.2) is 0 Å². The first-order valence-electron chi connectivity index (χ1n) is 3.81. The van der Waals surface area contributed by atoms with Crippen LogP contribution in [-0.2, 0) is 0 Å². The Morgan fingerprint density at radius 1 is 1.60 bits per heavy atom. The van der Waals surface area contributed by atoms with E-state index in [4.69, 9.17) is 5.73 Å². The van der Waals surface area contributed by atoms with E-state index < -0.39 is 0 Å². The second-order valence-corrected chi connectivity index (χ2v) is 2.91. The SMILES string of the molecule is NC1NCCC2CC=CN21. The molecule has 0 aromatic rings. The van der Waals surface area contributed by atoms with Crippen LogP contribution in [0.3, 0.4) is 0 Å². The minimum atomic E-state index is 0.0532. The van der Waals surface area contributed by atoms with Crippen LogP contribution < -0.4 is 11.1 Å². The Balaban J connectivity index is 2.08. The van der Waals surface area contributed by atoms with Gasteiger partial charge in [-0.1, -0.05) is 6.08 Å². The molecule has 0 aliphatic carbocycles. The summed E-state index contributed by atoms with van der Waals surface area (Å²) in [7, 11) is 0. The largest absolute Gasteiger partial charge is 0.347 e. The lowest BCUT2D eigenvalue weighted by Gasteiger charge is -2.36. The molecule has 2 unspecified atom stereocenters. The summed E-state index contributed by atoms with van der Waals surface area (Å²) in [5.74, 6) is 0. The zero-order chi connectivity index (χ0) is 6.97. The Kier molecular flexibility index (Phi) is 1.39. The zero-order valence-corrected chi connectivity index (χ0v) is 5.96. The second kappa shape index (κ2) is 2.25. The molecule has 2 atom stereocenters. The number of nitrogens with two attached hydrogens (primary N) is 1. The average molecular weight is 139 g/mol. The lowest BCUT2D eigenvalue weighted by Crippen LogP contribution is -2.57. The molecule has 2 aliphatic heterocycles. The molecule has 3 N–H and O–H groups in total. The van der Waals surface area contributed by atoms with Crippen molar-refractivity contribution in [3.05, 3.63) is 12.3 Å². The van der Waals surface area contributed by atoms with E-state index in [1.54, 1.807) is 0 Å². The molecule has 2 rings (SSSR count). The highest BCUT2D eigenvalue weighted by atomic mass is 15.4. The average Bonchev–Trinajstić information content (AvgIpc) is 2.36. The quantitative estimate of drug-likeness (QED) is 0.489. The van der Waals surface area contributed by atoms with Crippen molar-refractivity contribution in [3.63, 3.8) is 0 Å². The van der Waals surface area contributed by atoms with Gasteiger partial charge in [0.2, 0.25) is 0 Å². The van der Waals surface area contributed by atoms with Gasteiger partial charge in [-0.05, 0) is 19.0 Å². The van der Waals surface area contributed by atoms with Crippen LogP contribution >= 0.6 is 0 Å². The fourth-order valence-corrected chi connectivity index (χ4v) is 1.67. The number of nitrogens with one attached hydrogen (secondary N) is 1. The van der Waals surface area contributed by atoms with Crippen LogP contribution in [0.5, 0.6) is 0 Å². The fraction of sp³-hybridized carbons (Fsp3) is 0.714. The molecule has 1 fully saturated rings. The standard InChI is InChI=1S/C7H13N3/c8-7-9-4-3-6-2-1-5-10(6)7/h1,5-7,9H,2-4,8H2. The van der Waals surface area contributed by atoms with Gasteiger partial charge in [0.1, 0.15) is 6.29 Å². The number of hydrogen-bond donors (Lipinski definition) is 2. The molecule has 0 aromatic carbocycles. The van der Waals surface area contributed by atoms with E-state index >= 15 is 0 Å². The topological polar surface area (TPSA) is 41.3 Å². The highest BCUT2D eigenvalue weighted by molar-refractivity contribution is 5.01. The molecule has 10 heavy (non-hydrogen) atoms. The number of hydrogen-bond acceptors (Lipinski definition) is 3. The molecule has 0 aromatic heterocycles. The molecule has 0 saturated carbocycles. The third-order valence-electron chi connectivity index (χ3n) is 2.26. The van der Waals surface area contributed by atoms with Crippen LogP contribution in [0.2, 0.25) is 0 Å². The first-order chi connectivity index (χ1) is 4.88. The lowest BCUT2D eigenvalue weighted by atomic mass is 10.1. The minimum Gasteiger partial charge on any atom is -0.347 e. The Labute approximate surface area is 60.9 Å². The van der Waals surface area contributed by atoms with Crippen LogP contribution in [0.15, 0.2) is 12.3 Å². The lowest BCUT2D eigenvalue weighted by molar-refractivity contribution is 0.144. The molecule has 0 bridgehead atoms. The summed E-state index contributed by atoms with van der Waals surface area (Å²) < 4.78 is 0. The van der Waals surface area contributed by atoms with Crippen LogP contribution in [-0.4, -0.2) is 23.8 Å². The van der Waals surface area contributed by atoms with Gasteiger partial charge >= 0.3 is 0 Å². The molecule has 1 saturated heterocycles. The third kappa shape index (κ3) is 0.822. The normalized spacial score (nSPS) is 38.3. The van der Waals surface area contributed by atoms with E-state index in [9.17, 15) is 0 Å². The minimum absolute atomic E-state index is 0.0532. The summed E-state index contributed by atoms with van der Waals surface area (Å²) in [6.07, 6.45) is 6.74. The highest BCUT2D eigenvalue weighted by Gasteiger charge is 2.26. The van der Waals surface area contributed by atoms with E-state index in [1.165, 1.54) is 12.8 Å². The molecule has 0 radical (unpaired) electrons. The summed E-state index contributed by atoms with van der Waals surface area (Å²) >= 11 is 0. The van der Waals surface area contributed by atoms with Crippen molar-refractivity contribution in [1.29, 1.82) is 0 Å². The van der Waals surface area contributed by atoms with Crippen molar-refractivity contribution in [2.24, 2.45) is 5.73 Å². The Morgan fingerprint density at radius 2 is 2.50 bits per heavy atom. The molecule has 3 heteroatoms. The van der Waals surface area contributed by atoms with Gasteiger partial charge in [-0.3, -0.25) is 11.1 Å². The molecule has 0 spiro atoms. The predicted octanol–water partition coefficient (Wildman–Crippen LogP) is -0.190. The molecular weight excluding hydrogens is 126 g/mol. The van der Waals surface area contributed by atoms with E-state index in [2.05, 4.69) is 22.5 Å². The van der Waals surface area contributed by atoms with E-state index in [0.717, 1.165) is 6.54 Å². The van der Waals surface area contributed by atoms with E-state index in [1.807, 2.05) is 0 Å². The number of nitrogens with zero attached hydrogens (tertiary/aromatic N) is 1. The van der Waals surface area contributed by atoms with E-state index in [0.29, 0.717) is 6.04 Å². The van der Waals surface area contributed by atoms with Crippen LogP contribution in [0.4, 0.5) is 0 Å². The maximum atomic E-state index is 5.78. The maximum Gasteiger partial charge on any atom is 0.132 e. The van der Waals surface area contributed by atoms with Gasteiger partial charge in [-0.2, -0.15) is 0 Å².